The van der Waals surface area contributed by atoms with Crippen LogP contribution in [0, 0.1) is 6.92 Å². The van der Waals surface area contributed by atoms with Crippen LogP contribution in [0.3, 0.4) is 0 Å². The summed E-state index contributed by atoms with van der Waals surface area (Å²) in [5.41, 5.74) is 1.54. The van der Waals surface area contributed by atoms with Crippen LogP contribution >= 0.6 is 0 Å². The van der Waals surface area contributed by atoms with Crippen LogP contribution in [0.15, 0.2) is 18.2 Å². The van der Waals surface area contributed by atoms with Crippen LogP contribution < -0.4 is 5.32 Å². The second kappa shape index (κ2) is 5.94. The number of anilines is 1. The number of carboxylic acids is 1. The van der Waals surface area contributed by atoms with E-state index in [2.05, 4.69) is 12.2 Å². The first-order valence-electron chi connectivity index (χ1n) is 6.94. The molecule has 2 amide bonds. The van der Waals surface area contributed by atoms with Crippen molar-refractivity contribution >= 4 is 17.7 Å². The standard InChI is InChI=1S/C15H20N2O3/c1-3-8-17(12-5-6-12)15(20)16-11-4-7-13(14(18)19)10(2)9-11/h4,7,9,12H,3,5-6,8H2,1-2H3,(H,16,20)(H,18,19). The molecule has 0 atom stereocenters. The first-order valence-corrected chi connectivity index (χ1v) is 6.94. The Bertz CT molecular complexity index is 524. The van der Waals surface area contributed by atoms with Gasteiger partial charge >= 0.3 is 12.0 Å². The Morgan fingerprint density at radius 1 is 1.40 bits per heavy atom. The van der Waals surface area contributed by atoms with Gasteiger partial charge in [0.1, 0.15) is 0 Å². The monoisotopic (exact) mass is 276 g/mol. The van der Waals surface area contributed by atoms with Crippen molar-refractivity contribution in [3.05, 3.63) is 29.3 Å². The molecule has 0 radical (unpaired) electrons. The molecule has 2 N–H and O–H groups in total. The number of aryl methyl sites for hydroxylation is 1. The van der Waals surface area contributed by atoms with Gasteiger partial charge in [0.15, 0.2) is 0 Å². The lowest BCUT2D eigenvalue weighted by molar-refractivity contribution is 0.0696. The van der Waals surface area contributed by atoms with Gasteiger partial charge in [-0.3, -0.25) is 0 Å². The molecule has 0 heterocycles. The fourth-order valence-electron chi connectivity index (χ4n) is 2.25. The predicted octanol–water partition coefficient (Wildman–Crippen LogP) is 3.10. The van der Waals surface area contributed by atoms with Crippen molar-refractivity contribution in [3.63, 3.8) is 0 Å². The molecule has 1 aliphatic rings. The lowest BCUT2D eigenvalue weighted by Gasteiger charge is -2.22. The summed E-state index contributed by atoms with van der Waals surface area (Å²) in [6.45, 7) is 4.53. The van der Waals surface area contributed by atoms with E-state index in [1.807, 2.05) is 4.90 Å². The third kappa shape index (κ3) is 3.29. The number of nitrogens with one attached hydrogen (secondary N) is 1. The Morgan fingerprint density at radius 3 is 2.60 bits per heavy atom. The maximum Gasteiger partial charge on any atom is 0.335 e. The maximum absolute atomic E-state index is 12.2. The number of hydrogen-bond acceptors (Lipinski definition) is 2. The molecule has 0 aliphatic heterocycles. The van der Waals surface area contributed by atoms with Crippen LogP contribution in [0.4, 0.5) is 10.5 Å². The van der Waals surface area contributed by atoms with Gasteiger partial charge in [0.2, 0.25) is 0 Å². The average Bonchev–Trinajstić information content (AvgIpc) is 3.19. The van der Waals surface area contributed by atoms with Gasteiger partial charge < -0.3 is 15.3 Å². The summed E-state index contributed by atoms with van der Waals surface area (Å²) in [4.78, 5) is 25.0. The molecule has 108 valence electrons. The van der Waals surface area contributed by atoms with Gasteiger partial charge in [-0.05, 0) is 49.9 Å². The second-order valence-corrected chi connectivity index (χ2v) is 5.19. The molecular weight excluding hydrogens is 256 g/mol. The summed E-state index contributed by atoms with van der Waals surface area (Å²) < 4.78 is 0. The molecule has 1 saturated carbocycles. The predicted molar refractivity (Wildman–Crippen MR) is 77.2 cm³/mol. The minimum absolute atomic E-state index is 0.100. The van der Waals surface area contributed by atoms with E-state index in [0.29, 0.717) is 17.3 Å². The summed E-state index contributed by atoms with van der Waals surface area (Å²) >= 11 is 0. The van der Waals surface area contributed by atoms with E-state index in [1.165, 1.54) is 6.07 Å². The number of carbonyl (C=O) groups is 2. The quantitative estimate of drug-likeness (QED) is 0.868. The summed E-state index contributed by atoms with van der Waals surface area (Å²) in [6, 6.07) is 5.12. The number of hydrogen-bond donors (Lipinski definition) is 2. The van der Waals surface area contributed by atoms with E-state index in [4.69, 9.17) is 5.11 Å². The second-order valence-electron chi connectivity index (χ2n) is 5.19. The Kier molecular flexibility index (Phi) is 4.27. The molecule has 1 fully saturated rings. The molecule has 0 bridgehead atoms. The van der Waals surface area contributed by atoms with Gasteiger partial charge in [-0.2, -0.15) is 0 Å². The minimum atomic E-state index is -0.953. The lowest BCUT2D eigenvalue weighted by Crippen LogP contribution is -2.37. The van der Waals surface area contributed by atoms with Crippen molar-refractivity contribution in [1.82, 2.24) is 4.90 Å². The number of carboxylic acid groups (broad SMARTS) is 1. The van der Waals surface area contributed by atoms with Crippen LogP contribution in [-0.4, -0.2) is 34.6 Å². The number of urea groups is 1. The molecule has 1 aromatic rings. The van der Waals surface area contributed by atoms with Gasteiger partial charge in [-0.1, -0.05) is 6.92 Å². The van der Waals surface area contributed by atoms with E-state index >= 15 is 0 Å². The SMILES string of the molecule is CCCN(C(=O)Nc1ccc(C(=O)O)c(C)c1)C1CC1. The number of aromatic carboxylic acids is 1. The summed E-state index contributed by atoms with van der Waals surface area (Å²) in [5.74, 6) is -0.953. The van der Waals surface area contributed by atoms with Crippen molar-refractivity contribution in [1.29, 1.82) is 0 Å². The minimum Gasteiger partial charge on any atom is -0.478 e. The Labute approximate surface area is 118 Å². The van der Waals surface area contributed by atoms with E-state index in [-0.39, 0.29) is 11.6 Å². The van der Waals surface area contributed by atoms with Crippen LogP contribution in [0.25, 0.3) is 0 Å². The fourth-order valence-corrected chi connectivity index (χ4v) is 2.25. The molecule has 0 saturated heterocycles. The van der Waals surface area contributed by atoms with E-state index in [9.17, 15) is 9.59 Å². The lowest BCUT2D eigenvalue weighted by atomic mass is 10.1. The highest BCUT2D eigenvalue weighted by Crippen LogP contribution is 2.27. The summed E-state index contributed by atoms with van der Waals surface area (Å²) in [7, 11) is 0. The van der Waals surface area contributed by atoms with E-state index < -0.39 is 5.97 Å². The molecule has 5 nitrogen and oxygen atoms in total. The normalized spacial score (nSPS) is 13.9. The van der Waals surface area contributed by atoms with Crippen LogP contribution in [0.5, 0.6) is 0 Å². The Morgan fingerprint density at radius 2 is 2.10 bits per heavy atom. The Hall–Kier alpha value is -2.04. The highest BCUT2D eigenvalue weighted by atomic mass is 16.4. The van der Waals surface area contributed by atoms with Crippen LogP contribution in [-0.2, 0) is 0 Å². The van der Waals surface area contributed by atoms with Gasteiger partial charge in [0, 0.05) is 18.3 Å². The molecule has 0 spiro atoms. The number of benzene rings is 1. The highest BCUT2D eigenvalue weighted by Gasteiger charge is 2.31. The molecule has 5 heteroatoms. The van der Waals surface area contributed by atoms with Crippen molar-refractivity contribution in [2.24, 2.45) is 0 Å². The third-order valence-electron chi connectivity index (χ3n) is 3.42. The molecular formula is C15H20N2O3. The first kappa shape index (κ1) is 14.4. The van der Waals surface area contributed by atoms with E-state index in [1.54, 1.807) is 19.1 Å². The first-order chi connectivity index (χ1) is 9.52. The summed E-state index contributed by atoms with van der Waals surface area (Å²) in [5, 5.41) is 11.8. The van der Waals surface area contributed by atoms with Crippen molar-refractivity contribution in [2.45, 2.75) is 39.2 Å². The van der Waals surface area contributed by atoms with E-state index in [0.717, 1.165) is 25.8 Å². The van der Waals surface area contributed by atoms with Crippen molar-refractivity contribution < 1.29 is 14.7 Å². The molecule has 1 aliphatic carbocycles. The largest absolute Gasteiger partial charge is 0.478 e. The van der Waals surface area contributed by atoms with Crippen LogP contribution in [0.1, 0.15) is 42.1 Å². The number of rotatable bonds is 5. The Balaban J connectivity index is 2.07. The van der Waals surface area contributed by atoms with Crippen molar-refractivity contribution in [2.75, 3.05) is 11.9 Å². The third-order valence-corrected chi connectivity index (χ3v) is 3.42. The smallest absolute Gasteiger partial charge is 0.335 e. The van der Waals surface area contributed by atoms with Gasteiger partial charge in [0.05, 0.1) is 5.56 Å². The molecule has 20 heavy (non-hydrogen) atoms. The van der Waals surface area contributed by atoms with Gasteiger partial charge in [-0.15, -0.1) is 0 Å². The number of amides is 2. The maximum atomic E-state index is 12.2. The molecule has 0 aromatic heterocycles. The zero-order valence-electron chi connectivity index (χ0n) is 11.8. The molecule has 2 rings (SSSR count). The highest BCUT2D eigenvalue weighted by molar-refractivity contribution is 5.93. The summed E-state index contributed by atoms with van der Waals surface area (Å²) in [6.07, 6.45) is 3.08. The van der Waals surface area contributed by atoms with Gasteiger partial charge in [0.25, 0.3) is 0 Å². The molecule has 0 unspecified atom stereocenters. The molecule has 1 aromatic carbocycles. The van der Waals surface area contributed by atoms with Crippen molar-refractivity contribution in [3.8, 4) is 0 Å². The number of carbonyl (C=O) groups excluding carboxylic acids is 1. The zero-order valence-corrected chi connectivity index (χ0v) is 11.8. The average molecular weight is 276 g/mol. The fraction of sp³-hybridized carbons (Fsp3) is 0.467. The zero-order chi connectivity index (χ0) is 14.7. The topological polar surface area (TPSA) is 69.6 Å². The number of nitrogens with zero attached hydrogens (tertiary/aromatic N) is 1. The van der Waals surface area contributed by atoms with Crippen LogP contribution in [0.2, 0.25) is 0 Å². The van der Waals surface area contributed by atoms with Gasteiger partial charge in [-0.25, -0.2) is 9.59 Å².